The van der Waals surface area contributed by atoms with E-state index in [1.54, 1.807) is 6.20 Å². The highest BCUT2D eigenvalue weighted by molar-refractivity contribution is 6.06. The number of likely N-dealkylation sites (tertiary alicyclic amines) is 1. The number of rotatable bonds is 3. The van der Waals surface area contributed by atoms with Gasteiger partial charge in [-0.15, -0.1) is 0 Å². The quantitative estimate of drug-likeness (QED) is 0.586. The van der Waals surface area contributed by atoms with Crippen molar-refractivity contribution in [3.8, 4) is 6.07 Å². The predicted molar refractivity (Wildman–Crippen MR) is 100 cm³/mol. The minimum absolute atomic E-state index is 0.00855. The molecule has 2 unspecified atom stereocenters. The molecule has 0 spiro atoms. The summed E-state index contributed by atoms with van der Waals surface area (Å²) in [6.45, 7) is 7.46. The Morgan fingerprint density at radius 1 is 1.32 bits per heavy atom. The van der Waals surface area contributed by atoms with Gasteiger partial charge >= 0.3 is 6.18 Å². The molecule has 2 bridgehead atoms. The van der Waals surface area contributed by atoms with Crippen LogP contribution in [0.1, 0.15) is 45.6 Å². The molecule has 3 rings (SSSR count). The van der Waals surface area contributed by atoms with Crippen molar-refractivity contribution in [2.75, 3.05) is 11.9 Å². The molecule has 2 aliphatic rings. The van der Waals surface area contributed by atoms with Crippen LogP contribution in [0.2, 0.25) is 0 Å². The molecule has 7 heteroatoms. The molecule has 1 aromatic rings. The fraction of sp³-hybridized carbons (Fsp3) is 0.524. The van der Waals surface area contributed by atoms with Gasteiger partial charge in [0.15, 0.2) is 0 Å². The zero-order valence-electron chi connectivity index (χ0n) is 16.2. The molecule has 28 heavy (non-hydrogen) atoms. The van der Waals surface area contributed by atoms with E-state index in [1.165, 1.54) is 12.1 Å². The van der Waals surface area contributed by atoms with Crippen LogP contribution in [-0.2, 0) is 11.0 Å². The molecule has 0 aromatic heterocycles. The summed E-state index contributed by atoms with van der Waals surface area (Å²) in [7, 11) is 0. The number of carbonyl (C=O) groups excluding carboxylic acids is 1. The summed E-state index contributed by atoms with van der Waals surface area (Å²) in [4.78, 5) is 14.5. The Balaban J connectivity index is 1.77. The van der Waals surface area contributed by atoms with Crippen LogP contribution in [0.4, 0.5) is 18.9 Å². The summed E-state index contributed by atoms with van der Waals surface area (Å²) >= 11 is 0. The molecule has 2 fully saturated rings. The number of hydrogen-bond acceptors (Lipinski definition) is 3. The zero-order valence-corrected chi connectivity index (χ0v) is 16.2. The summed E-state index contributed by atoms with van der Waals surface area (Å²) in [5, 5.41) is 11.8. The lowest BCUT2D eigenvalue weighted by Crippen LogP contribution is -2.33. The SMILES string of the molecule is CC1(C)CC2CC(C)(CN2/C=C(/C#N)C(=O)Nc2cccc(C(F)(F)F)c2)C1. The van der Waals surface area contributed by atoms with Crippen LogP contribution >= 0.6 is 0 Å². The summed E-state index contributed by atoms with van der Waals surface area (Å²) in [6.07, 6.45) is 0.150. The van der Waals surface area contributed by atoms with Crippen molar-refractivity contribution in [3.63, 3.8) is 0 Å². The Morgan fingerprint density at radius 3 is 2.68 bits per heavy atom. The standard InChI is InChI=1S/C21H24F3N3O/c1-19(2)8-17-9-20(3,12-19)13-27(17)11-14(10-25)18(28)26-16-6-4-5-15(7-16)21(22,23)24/h4-7,11,17H,8-9,12-13H2,1-3H3,(H,26,28)/b14-11-. The van der Waals surface area contributed by atoms with E-state index < -0.39 is 17.6 Å². The molecule has 4 nitrogen and oxygen atoms in total. The van der Waals surface area contributed by atoms with Gasteiger partial charge in [0.1, 0.15) is 11.6 Å². The number of amides is 1. The summed E-state index contributed by atoms with van der Waals surface area (Å²) < 4.78 is 38.5. The molecule has 1 amide bonds. The van der Waals surface area contributed by atoms with Gasteiger partial charge in [0.05, 0.1) is 5.56 Å². The largest absolute Gasteiger partial charge is 0.416 e. The lowest BCUT2D eigenvalue weighted by molar-refractivity contribution is -0.137. The van der Waals surface area contributed by atoms with Gasteiger partial charge < -0.3 is 10.2 Å². The monoisotopic (exact) mass is 391 g/mol. The van der Waals surface area contributed by atoms with Crippen LogP contribution < -0.4 is 5.32 Å². The zero-order chi connectivity index (χ0) is 20.7. The molecule has 1 aliphatic heterocycles. The van der Waals surface area contributed by atoms with Crippen LogP contribution in [0.5, 0.6) is 0 Å². The van der Waals surface area contributed by atoms with Crippen molar-refractivity contribution < 1.29 is 18.0 Å². The number of benzene rings is 1. The normalized spacial score (nSPS) is 26.7. The molecule has 1 heterocycles. The first kappa shape index (κ1) is 20.2. The fourth-order valence-corrected chi connectivity index (χ4v) is 4.93. The van der Waals surface area contributed by atoms with Crippen molar-refractivity contribution in [1.29, 1.82) is 5.26 Å². The van der Waals surface area contributed by atoms with Crippen LogP contribution in [0, 0.1) is 22.2 Å². The number of nitrogens with zero attached hydrogens (tertiary/aromatic N) is 2. The summed E-state index contributed by atoms with van der Waals surface area (Å²) in [5.74, 6) is -0.701. The highest BCUT2D eigenvalue weighted by atomic mass is 19.4. The molecule has 1 N–H and O–H groups in total. The Morgan fingerprint density at radius 2 is 2.04 bits per heavy atom. The highest BCUT2D eigenvalue weighted by Gasteiger charge is 2.49. The minimum Gasteiger partial charge on any atom is -0.373 e. The molecule has 0 radical (unpaired) electrons. The third kappa shape index (κ3) is 4.32. The van der Waals surface area contributed by atoms with Gasteiger partial charge in [0.2, 0.25) is 0 Å². The second-order valence-corrected chi connectivity index (χ2v) is 9.07. The molecule has 1 aliphatic carbocycles. The number of carbonyl (C=O) groups is 1. The second kappa shape index (κ2) is 6.84. The molecule has 1 saturated carbocycles. The minimum atomic E-state index is -4.50. The number of hydrogen-bond donors (Lipinski definition) is 1. The van der Waals surface area contributed by atoms with E-state index in [-0.39, 0.29) is 28.1 Å². The van der Waals surface area contributed by atoms with Crippen molar-refractivity contribution in [2.45, 2.75) is 52.3 Å². The van der Waals surface area contributed by atoms with Gasteiger partial charge in [-0.3, -0.25) is 4.79 Å². The Labute approximate surface area is 163 Å². The number of halogens is 3. The van der Waals surface area contributed by atoms with Crippen molar-refractivity contribution in [2.24, 2.45) is 10.8 Å². The average Bonchev–Trinajstić information content (AvgIpc) is 2.80. The van der Waals surface area contributed by atoms with E-state index in [0.717, 1.165) is 37.9 Å². The van der Waals surface area contributed by atoms with Gasteiger partial charge in [-0.05, 0) is 48.3 Å². The van der Waals surface area contributed by atoms with Crippen LogP contribution in [0.15, 0.2) is 36.0 Å². The van der Waals surface area contributed by atoms with Crippen molar-refractivity contribution >= 4 is 11.6 Å². The van der Waals surface area contributed by atoms with E-state index in [0.29, 0.717) is 0 Å². The first-order chi connectivity index (χ1) is 12.9. The molecule has 1 saturated heterocycles. The Kier molecular flexibility index (Phi) is 4.95. The maximum Gasteiger partial charge on any atom is 0.416 e. The number of alkyl halides is 3. The smallest absolute Gasteiger partial charge is 0.373 e. The molecular formula is C21H24F3N3O. The average molecular weight is 391 g/mol. The van der Waals surface area contributed by atoms with Gasteiger partial charge in [0.25, 0.3) is 5.91 Å². The highest BCUT2D eigenvalue weighted by Crippen LogP contribution is 2.52. The first-order valence-electron chi connectivity index (χ1n) is 9.27. The first-order valence-corrected chi connectivity index (χ1v) is 9.27. The van der Waals surface area contributed by atoms with E-state index in [4.69, 9.17) is 0 Å². The van der Waals surface area contributed by atoms with E-state index in [1.807, 2.05) is 6.07 Å². The molecule has 1 aromatic carbocycles. The van der Waals surface area contributed by atoms with Gasteiger partial charge in [-0.1, -0.05) is 26.8 Å². The van der Waals surface area contributed by atoms with Crippen LogP contribution in [-0.4, -0.2) is 23.4 Å². The van der Waals surface area contributed by atoms with E-state index in [9.17, 15) is 23.2 Å². The van der Waals surface area contributed by atoms with Crippen LogP contribution in [0.25, 0.3) is 0 Å². The predicted octanol–water partition coefficient (Wildman–Crippen LogP) is 4.95. The van der Waals surface area contributed by atoms with Gasteiger partial charge in [-0.2, -0.15) is 18.4 Å². The maximum atomic E-state index is 12.8. The molecule has 150 valence electrons. The van der Waals surface area contributed by atoms with Crippen LogP contribution in [0.3, 0.4) is 0 Å². The third-order valence-corrected chi connectivity index (χ3v) is 5.56. The lowest BCUT2D eigenvalue weighted by atomic mass is 9.65. The van der Waals surface area contributed by atoms with Gasteiger partial charge in [-0.25, -0.2) is 0 Å². The number of nitrogens with one attached hydrogen (secondary N) is 1. The number of fused-ring (bicyclic) bond motifs is 2. The van der Waals surface area contributed by atoms with E-state index in [2.05, 4.69) is 31.0 Å². The molecule has 2 atom stereocenters. The number of nitriles is 1. The topological polar surface area (TPSA) is 56.1 Å². The Hall–Kier alpha value is -2.49. The van der Waals surface area contributed by atoms with Crippen molar-refractivity contribution in [1.82, 2.24) is 4.90 Å². The lowest BCUT2D eigenvalue weighted by Gasteiger charge is -2.39. The maximum absolute atomic E-state index is 12.8. The number of anilines is 1. The third-order valence-electron chi connectivity index (χ3n) is 5.56. The summed E-state index contributed by atoms with van der Waals surface area (Å²) in [6, 6.07) is 6.54. The van der Waals surface area contributed by atoms with E-state index >= 15 is 0 Å². The summed E-state index contributed by atoms with van der Waals surface area (Å²) in [5.41, 5.74) is -0.606. The Bertz CT molecular complexity index is 853. The van der Waals surface area contributed by atoms with Crippen molar-refractivity contribution in [3.05, 3.63) is 41.6 Å². The molecular weight excluding hydrogens is 367 g/mol. The fourth-order valence-electron chi connectivity index (χ4n) is 4.93. The second-order valence-electron chi connectivity index (χ2n) is 9.07. The van der Waals surface area contributed by atoms with Gasteiger partial charge in [0, 0.05) is 24.5 Å².